The van der Waals surface area contributed by atoms with Gasteiger partial charge in [0.2, 0.25) is 5.95 Å². The molecule has 1 atom stereocenters. The average Bonchev–Trinajstić information content (AvgIpc) is 2.37. The van der Waals surface area contributed by atoms with Crippen molar-refractivity contribution in [3.05, 3.63) is 11.2 Å². The van der Waals surface area contributed by atoms with Gasteiger partial charge in [0, 0.05) is 19.2 Å². The molecule has 0 bridgehead atoms. The molecule has 0 saturated heterocycles. The fourth-order valence-electron chi connectivity index (χ4n) is 1.81. The number of nitrogens with one attached hydrogen (secondary N) is 2. The van der Waals surface area contributed by atoms with Gasteiger partial charge in [-0.2, -0.15) is 4.98 Å². The SMILES string of the molecule is CCCNc1ncc(Cl)c(NC(CCO)C(C)(C)C)n1. The van der Waals surface area contributed by atoms with E-state index in [9.17, 15) is 5.11 Å². The van der Waals surface area contributed by atoms with Crippen LogP contribution in [0.25, 0.3) is 0 Å². The predicted octanol–water partition coefficient (Wildman–Crippen LogP) is 3.16. The van der Waals surface area contributed by atoms with Gasteiger partial charge in [-0.15, -0.1) is 0 Å². The summed E-state index contributed by atoms with van der Waals surface area (Å²) in [4.78, 5) is 8.55. The molecule has 0 amide bonds. The summed E-state index contributed by atoms with van der Waals surface area (Å²) in [6.45, 7) is 9.38. The van der Waals surface area contributed by atoms with Crippen LogP contribution in [0.2, 0.25) is 5.02 Å². The maximum Gasteiger partial charge on any atom is 0.224 e. The van der Waals surface area contributed by atoms with Crippen LogP contribution >= 0.6 is 11.6 Å². The first-order chi connectivity index (χ1) is 9.38. The lowest BCUT2D eigenvalue weighted by atomic mass is 9.85. The maximum atomic E-state index is 9.20. The van der Waals surface area contributed by atoms with Gasteiger partial charge in [0.05, 0.1) is 6.20 Å². The van der Waals surface area contributed by atoms with Gasteiger partial charge in [-0.1, -0.05) is 39.3 Å². The second-order valence-electron chi connectivity index (χ2n) is 5.89. The highest BCUT2D eigenvalue weighted by atomic mass is 35.5. The summed E-state index contributed by atoms with van der Waals surface area (Å²) in [6, 6.07) is 0.0823. The summed E-state index contributed by atoms with van der Waals surface area (Å²) in [5.41, 5.74) is -0.00593. The molecular weight excluding hydrogens is 276 g/mol. The first-order valence-corrected chi connectivity index (χ1v) is 7.40. The predicted molar refractivity (Wildman–Crippen MR) is 84.4 cm³/mol. The smallest absolute Gasteiger partial charge is 0.224 e. The van der Waals surface area contributed by atoms with Gasteiger partial charge in [-0.25, -0.2) is 4.98 Å². The van der Waals surface area contributed by atoms with Crippen LogP contribution in [0.4, 0.5) is 11.8 Å². The Morgan fingerprint density at radius 2 is 2.10 bits per heavy atom. The summed E-state index contributed by atoms with van der Waals surface area (Å²) < 4.78 is 0. The van der Waals surface area contributed by atoms with E-state index in [0.717, 1.165) is 13.0 Å². The first-order valence-electron chi connectivity index (χ1n) is 7.02. The molecule has 0 spiro atoms. The first kappa shape index (κ1) is 17.0. The third-order valence-electron chi connectivity index (χ3n) is 3.05. The Kier molecular flexibility index (Phi) is 6.49. The number of aromatic nitrogens is 2. The molecule has 0 radical (unpaired) electrons. The molecule has 0 fully saturated rings. The van der Waals surface area contributed by atoms with E-state index in [1.807, 2.05) is 0 Å². The molecule has 1 unspecified atom stereocenters. The third-order valence-corrected chi connectivity index (χ3v) is 3.33. The molecule has 5 nitrogen and oxygen atoms in total. The molecule has 1 aromatic rings. The molecule has 1 rings (SSSR count). The number of halogens is 1. The van der Waals surface area contributed by atoms with Crippen molar-refractivity contribution >= 4 is 23.4 Å². The molecule has 6 heteroatoms. The zero-order valence-electron chi connectivity index (χ0n) is 12.7. The standard InChI is InChI=1S/C14H25ClN4O/c1-5-7-16-13-17-9-10(15)12(19-13)18-11(6-8-20)14(2,3)4/h9,11,20H,5-8H2,1-4H3,(H2,16,17,18,19). The minimum atomic E-state index is -0.00593. The zero-order chi connectivity index (χ0) is 15.2. The fourth-order valence-corrected chi connectivity index (χ4v) is 1.95. The molecule has 20 heavy (non-hydrogen) atoms. The number of hydrogen-bond acceptors (Lipinski definition) is 5. The summed E-state index contributed by atoms with van der Waals surface area (Å²) in [6.07, 6.45) is 3.24. The normalized spacial score (nSPS) is 13.1. The van der Waals surface area contributed by atoms with Gasteiger partial charge in [0.15, 0.2) is 5.82 Å². The maximum absolute atomic E-state index is 9.20. The summed E-state index contributed by atoms with van der Waals surface area (Å²) in [5.74, 6) is 1.17. The quantitative estimate of drug-likeness (QED) is 0.721. The van der Waals surface area contributed by atoms with Crippen LogP contribution in [-0.2, 0) is 0 Å². The van der Waals surface area contributed by atoms with Gasteiger partial charge >= 0.3 is 0 Å². The van der Waals surface area contributed by atoms with Crippen molar-refractivity contribution in [2.45, 2.75) is 46.6 Å². The van der Waals surface area contributed by atoms with Crippen LogP contribution < -0.4 is 10.6 Å². The second kappa shape index (κ2) is 7.64. The topological polar surface area (TPSA) is 70.1 Å². The van der Waals surface area contributed by atoms with E-state index < -0.39 is 0 Å². The number of hydrogen-bond donors (Lipinski definition) is 3. The lowest BCUT2D eigenvalue weighted by molar-refractivity contribution is 0.235. The Morgan fingerprint density at radius 3 is 2.65 bits per heavy atom. The molecule has 0 aliphatic heterocycles. The van der Waals surface area contributed by atoms with Crippen LogP contribution in [-0.4, -0.2) is 34.3 Å². The molecule has 1 aromatic heterocycles. The Hall–Kier alpha value is -1.07. The van der Waals surface area contributed by atoms with Crippen molar-refractivity contribution in [3.63, 3.8) is 0 Å². The Labute approximate surface area is 126 Å². The van der Waals surface area contributed by atoms with Crippen molar-refractivity contribution < 1.29 is 5.11 Å². The summed E-state index contributed by atoms with van der Waals surface area (Å²) in [7, 11) is 0. The van der Waals surface area contributed by atoms with E-state index in [-0.39, 0.29) is 18.1 Å². The highest BCUT2D eigenvalue weighted by Crippen LogP contribution is 2.28. The van der Waals surface area contributed by atoms with Crippen molar-refractivity contribution in [1.29, 1.82) is 0 Å². The molecule has 114 valence electrons. The highest BCUT2D eigenvalue weighted by molar-refractivity contribution is 6.32. The zero-order valence-corrected chi connectivity index (χ0v) is 13.5. The number of aliphatic hydroxyl groups excluding tert-OH is 1. The molecule has 0 aliphatic rings. The fraction of sp³-hybridized carbons (Fsp3) is 0.714. The monoisotopic (exact) mass is 300 g/mol. The van der Waals surface area contributed by atoms with Crippen molar-refractivity contribution in [2.24, 2.45) is 5.41 Å². The number of aliphatic hydroxyl groups is 1. The van der Waals surface area contributed by atoms with E-state index in [2.05, 4.69) is 48.3 Å². The van der Waals surface area contributed by atoms with Crippen LogP contribution in [0.1, 0.15) is 40.5 Å². The average molecular weight is 301 g/mol. The van der Waals surface area contributed by atoms with Crippen LogP contribution in [0.15, 0.2) is 6.20 Å². The van der Waals surface area contributed by atoms with E-state index in [1.54, 1.807) is 6.20 Å². The van der Waals surface area contributed by atoms with E-state index >= 15 is 0 Å². The highest BCUT2D eigenvalue weighted by Gasteiger charge is 2.25. The molecular formula is C14H25ClN4O. The molecule has 3 N–H and O–H groups in total. The van der Waals surface area contributed by atoms with Crippen molar-refractivity contribution in [2.75, 3.05) is 23.8 Å². The summed E-state index contributed by atoms with van der Waals surface area (Å²) in [5, 5.41) is 16.1. The van der Waals surface area contributed by atoms with Crippen LogP contribution in [0, 0.1) is 5.41 Å². The van der Waals surface area contributed by atoms with Crippen molar-refractivity contribution in [3.8, 4) is 0 Å². The number of anilines is 2. The van der Waals surface area contributed by atoms with Crippen LogP contribution in [0.5, 0.6) is 0 Å². The minimum absolute atomic E-state index is 0.00593. The van der Waals surface area contributed by atoms with Crippen molar-refractivity contribution in [1.82, 2.24) is 9.97 Å². The second-order valence-corrected chi connectivity index (χ2v) is 6.30. The molecule has 0 aromatic carbocycles. The van der Waals surface area contributed by atoms with Gasteiger partial charge in [0.25, 0.3) is 0 Å². The van der Waals surface area contributed by atoms with Gasteiger partial charge in [-0.3, -0.25) is 0 Å². The Morgan fingerprint density at radius 1 is 1.40 bits per heavy atom. The number of nitrogens with zero attached hydrogens (tertiary/aromatic N) is 2. The van der Waals surface area contributed by atoms with E-state index in [4.69, 9.17) is 11.6 Å². The lowest BCUT2D eigenvalue weighted by Gasteiger charge is -2.31. The molecule has 1 heterocycles. The molecule has 0 aliphatic carbocycles. The van der Waals surface area contributed by atoms with E-state index in [1.165, 1.54) is 0 Å². The Bertz CT molecular complexity index is 420. The Balaban J connectivity index is 2.88. The largest absolute Gasteiger partial charge is 0.396 e. The van der Waals surface area contributed by atoms with Gasteiger partial charge < -0.3 is 15.7 Å². The van der Waals surface area contributed by atoms with Gasteiger partial charge in [-0.05, 0) is 18.3 Å². The van der Waals surface area contributed by atoms with E-state index in [0.29, 0.717) is 23.2 Å². The minimum Gasteiger partial charge on any atom is -0.396 e. The summed E-state index contributed by atoms with van der Waals surface area (Å²) >= 11 is 6.15. The van der Waals surface area contributed by atoms with Crippen LogP contribution in [0.3, 0.4) is 0 Å². The number of rotatable bonds is 7. The third kappa shape index (κ3) is 5.13. The molecule has 0 saturated carbocycles. The lowest BCUT2D eigenvalue weighted by Crippen LogP contribution is -2.35. The van der Waals surface area contributed by atoms with Gasteiger partial charge in [0.1, 0.15) is 5.02 Å².